The van der Waals surface area contributed by atoms with Crippen LogP contribution in [-0.2, 0) is 12.0 Å². The maximum absolute atomic E-state index is 5.80. The van der Waals surface area contributed by atoms with Gasteiger partial charge < -0.3 is 10.1 Å². The van der Waals surface area contributed by atoms with E-state index in [0.29, 0.717) is 0 Å². The van der Waals surface area contributed by atoms with Crippen LogP contribution in [0.15, 0.2) is 16.6 Å². The predicted octanol–water partition coefficient (Wildman–Crippen LogP) is 2.98. The lowest BCUT2D eigenvalue weighted by Gasteiger charge is -2.27. The molecule has 0 bridgehead atoms. The molecule has 0 aliphatic carbocycles. The van der Waals surface area contributed by atoms with Crippen molar-refractivity contribution in [3.05, 3.63) is 27.7 Å². The van der Waals surface area contributed by atoms with Crippen molar-refractivity contribution < 1.29 is 4.74 Å². The topological polar surface area (TPSA) is 21.3 Å². The van der Waals surface area contributed by atoms with Crippen LogP contribution in [0.4, 0.5) is 0 Å². The van der Waals surface area contributed by atoms with Crippen LogP contribution in [0.25, 0.3) is 0 Å². The molecule has 1 fully saturated rings. The first-order chi connectivity index (χ1) is 7.69. The Balaban J connectivity index is 2.13. The van der Waals surface area contributed by atoms with Crippen LogP contribution in [-0.4, -0.2) is 13.2 Å². The van der Waals surface area contributed by atoms with E-state index in [2.05, 4.69) is 40.3 Å². The molecule has 1 atom stereocenters. The Morgan fingerprint density at radius 1 is 1.44 bits per heavy atom. The van der Waals surface area contributed by atoms with Crippen LogP contribution in [0.5, 0.6) is 5.75 Å². The molecule has 86 valence electrons. The summed E-state index contributed by atoms with van der Waals surface area (Å²) in [6.45, 7) is 4.22. The summed E-state index contributed by atoms with van der Waals surface area (Å²) in [4.78, 5) is 0. The summed E-state index contributed by atoms with van der Waals surface area (Å²) in [5.74, 6) is 1.13. The number of halogens is 1. The first-order valence-electron chi connectivity index (χ1n) is 5.90. The predicted molar refractivity (Wildman–Crippen MR) is 67.9 cm³/mol. The molecule has 2 heterocycles. The van der Waals surface area contributed by atoms with Crippen molar-refractivity contribution in [2.24, 2.45) is 0 Å². The molecular weight excluding hydrogens is 266 g/mol. The van der Waals surface area contributed by atoms with E-state index in [0.717, 1.165) is 25.3 Å². The maximum Gasteiger partial charge on any atom is 0.127 e. The van der Waals surface area contributed by atoms with Gasteiger partial charge in [0.1, 0.15) is 5.75 Å². The lowest BCUT2D eigenvalue weighted by atomic mass is 9.88. The number of rotatable bonds is 1. The first kappa shape index (κ1) is 10.6. The van der Waals surface area contributed by atoms with E-state index in [1.165, 1.54) is 28.4 Å². The van der Waals surface area contributed by atoms with E-state index >= 15 is 0 Å². The average Bonchev–Trinajstić information content (AvgIpc) is 2.85. The highest BCUT2D eigenvalue weighted by Crippen LogP contribution is 2.42. The second-order valence-corrected chi connectivity index (χ2v) is 5.82. The van der Waals surface area contributed by atoms with E-state index in [9.17, 15) is 0 Å². The van der Waals surface area contributed by atoms with Crippen molar-refractivity contribution in [1.82, 2.24) is 5.32 Å². The van der Waals surface area contributed by atoms with Gasteiger partial charge in [0.15, 0.2) is 0 Å². The molecule has 1 saturated heterocycles. The molecule has 0 amide bonds. The third-order valence-electron chi connectivity index (χ3n) is 3.71. The van der Waals surface area contributed by atoms with Crippen molar-refractivity contribution in [1.29, 1.82) is 0 Å². The van der Waals surface area contributed by atoms with Crippen LogP contribution < -0.4 is 10.1 Å². The van der Waals surface area contributed by atoms with Gasteiger partial charge in [-0.1, -0.05) is 15.9 Å². The molecule has 0 radical (unpaired) electrons. The molecule has 2 aliphatic rings. The molecule has 0 spiro atoms. The van der Waals surface area contributed by atoms with Gasteiger partial charge in [0.2, 0.25) is 0 Å². The van der Waals surface area contributed by atoms with Gasteiger partial charge in [-0.25, -0.2) is 0 Å². The molecular formula is C13H16BrNO. The summed E-state index contributed by atoms with van der Waals surface area (Å²) in [6.07, 6.45) is 3.48. The Labute approximate surface area is 105 Å². The van der Waals surface area contributed by atoms with Gasteiger partial charge in [0, 0.05) is 22.0 Å². The largest absolute Gasteiger partial charge is 0.493 e. The molecule has 3 rings (SSSR count). The van der Waals surface area contributed by atoms with Crippen molar-refractivity contribution in [2.75, 3.05) is 13.2 Å². The minimum atomic E-state index is 0.0954. The summed E-state index contributed by atoms with van der Waals surface area (Å²) in [7, 11) is 0. The Morgan fingerprint density at radius 2 is 2.31 bits per heavy atom. The van der Waals surface area contributed by atoms with Gasteiger partial charge in [-0.2, -0.15) is 0 Å². The number of hydrogen-bond donors (Lipinski definition) is 1. The molecule has 1 unspecified atom stereocenters. The Hall–Kier alpha value is -0.540. The third-order valence-corrected chi connectivity index (χ3v) is 4.17. The average molecular weight is 282 g/mol. The highest BCUT2D eigenvalue weighted by molar-refractivity contribution is 9.10. The van der Waals surface area contributed by atoms with Gasteiger partial charge in [-0.15, -0.1) is 0 Å². The number of nitrogens with one attached hydrogen (secondary N) is 1. The summed E-state index contributed by atoms with van der Waals surface area (Å²) in [5.41, 5.74) is 2.77. The van der Waals surface area contributed by atoms with Gasteiger partial charge >= 0.3 is 0 Å². The van der Waals surface area contributed by atoms with Crippen LogP contribution in [0, 0.1) is 0 Å². The SMILES string of the molecule is CC1(c2cc(Br)cc3c2OCC3)CCCN1. The Morgan fingerprint density at radius 3 is 3.06 bits per heavy atom. The zero-order chi connectivity index (χ0) is 11.2. The summed E-state index contributed by atoms with van der Waals surface area (Å²) in [5, 5.41) is 3.61. The second kappa shape index (κ2) is 3.74. The number of ether oxygens (including phenoxy) is 1. The summed E-state index contributed by atoms with van der Waals surface area (Å²) >= 11 is 3.60. The standard InChI is InChI=1S/C13H16BrNO/c1-13(4-2-5-15-13)11-8-10(14)7-9-3-6-16-12(9)11/h7-8,15H,2-6H2,1H3. The second-order valence-electron chi connectivity index (χ2n) is 4.90. The van der Waals surface area contributed by atoms with Crippen molar-refractivity contribution in [2.45, 2.75) is 31.7 Å². The molecule has 16 heavy (non-hydrogen) atoms. The van der Waals surface area contributed by atoms with Crippen LogP contribution in [0.2, 0.25) is 0 Å². The van der Waals surface area contributed by atoms with E-state index < -0.39 is 0 Å². The number of fused-ring (bicyclic) bond motifs is 1. The molecule has 1 aromatic carbocycles. The lowest BCUT2D eigenvalue weighted by Crippen LogP contribution is -2.33. The van der Waals surface area contributed by atoms with Gasteiger partial charge in [0.25, 0.3) is 0 Å². The lowest BCUT2D eigenvalue weighted by molar-refractivity contribution is 0.335. The normalized spacial score (nSPS) is 27.9. The molecule has 0 saturated carbocycles. The fourth-order valence-corrected chi connectivity index (χ4v) is 3.31. The molecule has 1 aromatic rings. The van der Waals surface area contributed by atoms with Crippen LogP contribution in [0.1, 0.15) is 30.9 Å². The zero-order valence-corrected chi connectivity index (χ0v) is 11.1. The highest BCUT2D eigenvalue weighted by atomic mass is 79.9. The fourth-order valence-electron chi connectivity index (χ4n) is 2.80. The fraction of sp³-hybridized carbons (Fsp3) is 0.538. The number of hydrogen-bond acceptors (Lipinski definition) is 2. The van der Waals surface area contributed by atoms with E-state index in [4.69, 9.17) is 4.74 Å². The summed E-state index contributed by atoms with van der Waals surface area (Å²) in [6, 6.07) is 4.40. The van der Waals surface area contributed by atoms with Crippen LogP contribution >= 0.6 is 15.9 Å². The molecule has 0 aromatic heterocycles. The molecule has 2 nitrogen and oxygen atoms in total. The maximum atomic E-state index is 5.80. The van der Waals surface area contributed by atoms with Crippen molar-refractivity contribution in [3.63, 3.8) is 0 Å². The van der Waals surface area contributed by atoms with E-state index in [1.807, 2.05) is 0 Å². The third kappa shape index (κ3) is 1.57. The zero-order valence-electron chi connectivity index (χ0n) is 9.48. The molecule has 2 aliphatic heterocycles. The van der Waals surface area contributed by atoms with Gasteiger partial charge in [-0.05, 0) is 44.0 Å². The smallest absolute Gasteiger partial charge is 0.127 e. The number of benzene rings is 1. The van der Waals surface area contributed by atoms with E-state index in [-0.39, 0.29) is 5.54 Å². The molecule has 1 N–H and O–H groups in total. The highest BCUT2D eigenvalue weighted by Gasteiger charge is 2.35. The van der Waals surface area contributed by atoms with Crippen molar-refractivity contribution in [3.8, 4) is 5.75 Å². The minimum Gasteiger partial charge on any atom is -0.493 e. The van der Waals surface area contributed by atoms with Gasteiger partial charge in [0.05, 0.1) is 6.61 Å². The quantitative estimate of drug-likeness (QED) is 0.855. The first-order valence-corrected chi connectivity index (χ1v) is 6.69. The monoisotopic (exact) mass is 281 g/mol. The van der Waals surface area contributed by atoms with E-state index in [1.54, 1.807) is 0 Å². The van der Waals surface area contributed by atoms with Crippen LogP contribution in [0.3, 0.4) is 0 Å². The Bertz CT molecular complexity index is 424. The van der Waals surface area contributed by atoms with Crippen molar-refractivity contribution >= 4 is 15.9 Å². The van der Waals surface area contributed by atoms with Gasteiger partial charge in [-0.3, -0.25) is 0 Å². The Kier molecular flexibility index (Phi) is 2.48. The summed E-state index contributed by atoms with van der Waals surface area (Å²) < 4.78 is 6.97. The molecule has 3 heteroatoms. The minimum absolute atomic E-state index is 0.0954.